The van der Waals surface area contributed by atoms with Crippen molar-refractivity contribution in [1.29, 1.82) is 0 Å². The van der Waals surface area contributed by atoms with Gasteiger partial charge in [0.15, 0.2) is 0 Å². The Morgan fingerprint density at radius 2 is 1.86 bits per heavy atom. The van der Waals surface area contributed by atoms with Gasteiger partial charge < -0.3 is 0 Å². The SMILES string of the molecule is C=C(CCC(=C)C(=C)C(CC(=O)[C@H]1CC2CCC21C)CC(C)C)CC(C(=O)CC)C1=CCCCC1. The van der Waals surface area contributed by atoms with Crippen molar-refractivity contribution in [2.45, 2.75) is 111 Å². The van der Waals surface area contributed by atoms with Gasteiger partial charge in [-0.2, -0.15) is 0 Å². The van der Waals surface area contributed by atoms with Gasteiger partial charge in [-0.05, 0) is 99.4 Å². The number of hydrogen-bond donors (Lipinski definition) is 0. The van der Waals surface area contributed by atoms with E-state index in [4.69, 9.17) is 0 Å². The third-order valence-electron chi connectivity index (χ3n) is 9.60. The molecular formula is C33H50O2. The van der Waals surface area contributed by atoms with Crippen molar-refractivity contribution in [3.8, 4) is 0 Å². The predicted molar refractivity (Wildman–Crippen MR) is 148 cm³/mol. The van der Waals surface area contributed by atoms with Crippen LogP contribution in [0.3, 0.4) is 0 Å². The van der Waals surface area contributed by atoms with Crippen LogP contribution in [-0.2, 0) is 9.59 Å². The lowest BCUT2D eigenvalue weighted by Gasteiger charge is -2.62. The Morgan fingerprint density at radius 3 is 2.37 bits per heavy atom. The Bertz CT molecular complexity index is 872. The molecule has 2 fully saturated rings. The molecule has 0 aromatic heterocycles. The number of carbonyl (C=O) groups is 2. The summed E-state index contributed by atoms with van der Waals surface area (Å²) in [6.45, 7) is 21.9. The lowest BCUT2D eigenvalue weighted by molar-refractivity contribution is -0.161. The molecule has 0 bridgehead atoms. The molecule has 0 aliphatic heterocycles. The van der Waals surface area contributed by atoms with E-state index in [1.54, 1.807) is 0 Å². The third kappa shape index (κ3) is 6.55. The molecule has 35 heavy (non-hydrogen) atoms. The number of carbonyl (C=O) groups excluding carboxylic acids is 2. The van der Waals surface area contributed by atoms with Crippen LogP contribution in [0.2, 0.25) is 0 Å². The molecule has 2 nitrogen and oxygen atoms in total. The minimum absolute atomic E-state index is 0.00903. The van der Waals surface area contributed by atoms with Crippen LogP contribution in [0.25, 0.3) is 0 Å². The minimum Gasteiger partial charge on any atom is -0.299 e. The quantitative estimate of drug-likeness (QED) is 0.174. The van der Waals surface area contributed by atoms with Gasteiger partial charge in [-0.15, -0.1) is 0 Å². The van der Waals surface area contributed by atoms with Gasteiger partial charge in [0.05, 0.1) is 0 Å². The molecule has 3 rings (SSSR count). The van der Waals surface area contributed by atoms with Crippen LogP contribution in [0.1, 0.15) is 111 Å². The maximum atomic E-state index is 13.2. The molecule has 0 saturated heterocycles. The van der Waals surface area contributed by atoms with Crippen molar-refractivity contribution in [3.63, 3.8) is 0 Å². The molecule has 0 N–H and O–H groups in total. The highest BCUT2D eigenvalue weighted by Gasteiger charge is 2.59. The summed E-state index contributed by atoms with van der Waals surface area (Å²) in [5.41, 5.74) is 4.87. The van der Waals surface area contributed by atoms with Gasteiger partial charge >= 0.3 is 0 Å². The molecule has 2 saturated carbocycles. The van der Waals surface area contributed by atoms with E-state index in [1.807, 2.05) is 6.92 Å². The van der Waals surface area contributed by atoms with Crippen LogP contribution in [0.4, 0.5) is 0 Å². The summed E-state index contributed by atoms with van der Waals surface area (Å²) >= 11 is 0. The zero-order valence-electron chi connectivity index (χ0n) is 23.1. The van der Waals surface area contributed by atoms with Gasteiger partial charge in [0.25, 0.3) is 0 Å². The number of allylic oxidation sites excluding steroid dienone is 5. The number of fused-ring (bicyclic) bond motifs is 1. The molecule has 0 heterocycles. The Hall–Kier alpha value is -1.70. The molecule has 4 unspecified atom stereocenters. The Labute approximate surface area is 215 Å². The van der Waals surface area contributed by atoms with Crippen molar-refractivity contribution in [2.24, 2.45) is 35.0 Å². The summed E-state index contributed by atoms with van der Waals surface area (Å²) in [6.07, 6.45) is 15.1. The molecular weight excluding hydrogens is 428 g/mol. The Kier molecular flexibility index (Phi) is 9.58. The van der Waals surface area contributed by atoms with Crippen LogP contribution in [0.15, 0.2) is 48.1 Å². The average molecular weight is 479 g/mol. The third-order valence-corrected chi connectivity index (χ3v) is 9.60. The maximum absolute atomic E-state index is 13.2. The summed E-state index contributed by atoms with van der Waals surface area (Å²) in [6, 6.07) is 0. The number of ketones is 2. The van der Waals surface area contributed by atoms with Gasteiger partial charge in [0, 0.05) is 24.7 Å². The van der Waals surface area contributed by atoms with E-state index in [0.717, 1.165) is 67.6 Å². The predicted octanol–water partition coefficient (Wildman–Crippen LogP) is 8.98. The van der Waals surface area contributed by atoms with Crippen molar-refractivity contribution in [2.75, 3.05) is 0 Å². The van der Waals surface area contributed by atoms with Crippen molar-refractivity contribution in [1.82, 2.24) is 0 Å². The van der Waals surface area contributed by atoms with Crippen molar-refractivity contribution in [3.05, 3.63) is 48.1 Å². The van der Waals surface area contributed by atoms with E-state index >= 15 is 0 Å². The van der Waals surface area contributed by atoms with Crippen molar-refractivity contribution >= 4 is 11.6 Å². The average Bonchev–Trinajstić information content (AvgIpc) is 2.84. The van der Waals surface area contributed by atoms with Crippen LogP contribution < -0.4 is 0 Å². The lowest BCUT2D eigenvalue weighted by Crippen LogP contribution is -2.57. The summed E-state index contributed by atoms with van der Waals surface area (Å²) in [5, 5.41) is 0. The molecule has 0 aromatic carbocycles. The number of Topliss-reactive ketones (excluding diaryl/α,β-unsaturated/α-hetero) is 2. The first-order chi connectivity index (χ1) is 16.6. The second-order valence-electron chi connectivity index (χ2n) is 12.5. The van der Waals surface area contributed by atoms with Crippen LogP contribution in [-0.4, -0.2) is 11.6 Å². The molecule has 0 spiro atoms. The largest absolute Gasteiger partial charge is 0.299 e. The van der Waals surface area contributed by atoms with E-state index < -0.39 is 0 Å². The van der Waals surface area contributed by atoms with E-state index in [1.165, 1.54) is 31.3 Å². The molecule has 2 heteroatoms. The fourth-order valence-corrected chi connectivity index (χ4v) is 6.89. The summed E-state index contributed by atoms with van der Waals surface area (Å²) in [5.74, 6) is 2.56. The molecule has 0 radical (unpaired) electrons. The smallest absolute Gasteiger partial charge is 0.140 e. The van der Waals surface area contributed by atoms with Gasteiger partial charge in [-0.25, -0.2) is 0 Å². The minimum atomic E-state index is 0.00903. The van der Waals surface area contributed by atoms with E-state index in [-0.39, 0.29) is 23.2 Å². The van der Waals surface area contributed by atoms with Gasteiger partial charge in [-0.3, -0.25) is 9.59 Å². The second kappa shape index (κ2) is 12.0. The topological polar surface area (TPSA) is 34.1 Å². The zero-order chi connectivity index (χ0) is 25.8. The summed E-state index contributed by atoms with van der Waals surface area (Å²) in [7, 11) is 0. The van der Waals surface area contributed by atoms with E-state index in [0.29, 0.717) is 30.3 Å². The molecule has 3 aliphatic rings. The molecule has 0 amide bonds. The first-order valence-electron chi connectivity index (χ1n) is 14.3. The Balaban J connectivity index is 1.54. The van der Waals surface area contributed by atoms with Gasteiger partial charge in [-0.1, -0.05) is 70.2 Å². The molecule has 0 aromatic rings. The van der Waals surface area contributed by atoms with Crippen LogP contribution in [0.5, 0.6) is 0 Å². The normalized spacial score (nSPS) is 27.1. The second-order valence-corrected chi connectivity index (χ2v) is 12.5. The summed E-state index contributed by atoms with van der Waals surface area (Å²) < 4.78 is 0. The fraction of sp³-hybridized carbons (Fsp3) is 0.697. The fourth-order valence-electron chi connectivity index (χ4n) is 6.89. The Morgan fingerprint density at radius 1 is 1.11 bits per heavy atom. The van der Waals surface area contributed by atoms with Crippen molar-refractivity contribution < 1.29 is 9.59 Å². The molecule has 3 aliphatic carbocycles. The highest BCUT2D eigenvalue weighted by molar-refractivity contribution is 5.84. The number of hydrogen-bond acceptors (Lipinski definition) is 2. The highest BCUT2D eigenvalue weighted by atomic mass is 16.1. The maximum Gasteiger partial charge on any atom is 0.140 e. The first kappa shape index (κ1) is 27.9. The van der Waals surface area contributed by atoms with Gasteiger partial charge in [0.1, 0.15) is 11.6 Å². The van der Waals surface area contributed by atoms with Crippen LogP contribution in [0, 0.1) is 35.0 Å². The zero-order valence-corrected chi connectivity index (χ0v) is 23.1. The van der Waals surface area contributed by atoms with Gasteiger partial charge in [0.2, 0.25) is 0 Å². The summed E-state index contributed by atoms with van der Waals surface area (Å²) in [4.78, 5) is 25.9. The first-order valence-corrected chi connectivity index (χ1v) is 14.3. The molecule has 194 valence electrons. The van der Waals surface area contributed by atoms with Crippen LogP contribution >= 0.6 is 0 Å². The highest BCUT2D eigenvalue weighted by Crippen LogP contribution is 2.65. The number of rotatable bonds is 15. The monoisotopic (exact) mass is 478 g/mol. The molecule has 5 atom stereocenters. The lowest BCUT2D eigenvalue weighted by atomic mass is 9.42. The van der Waals surface area contributed by atoms with E-state index in [9.17, 15) is 9.59 Å². The standard InChI is InChI=1S/C33H50O2/c1-8-31(34)29(26-12-10-9-11-13-26)19-23(4)14-15-24(5)25(6)27(18-22(2)3)20-32(35)30-21-28-16-17-33(28,30)7/h12,22,27-30H,4-6,8-11,13-21H2,1-3,7H3/t27?,28?,29?,30-,33?/m1/s1. The van der Waals surface area contributed by atoms with E-state index in [2.05, 4.69) is 46.6 Å².